The molecule has 0 fully saturated rings. The minimum Gasteiger partial charge on any atom is -0.385 e. The van der Waals surface area contributed by atoms with Gasteiger partial charge in [0, 0.05) is 0 Å². The van der Waals surface area contributed by atoms with Gasteiger partial charge in [0.25, 0.3) is 0 Å². The smallest absolute Gasteiger partial charge is 0.333 e. The average molecular weight is 234 g/mol. The standard InChI is InChI=1S/C10H19O4P/c1-3-13-15(12,14-4-2)9-10(11)7-5-6-8-10/h5,7,11H,3-4,6,8-9H2,1-2H3. The lowest BCUT2D eigenvalue weighted by Gasteiger charge is -2.25. The summed E-state index contributed by atoms with van der Waals surface area (Å²) >= 11 is 0. The fourth-order valence-electron chi connectivity index (χ4n) is 1.71. The predicted octanol–water partition coefficient (Wildman–Crippen LogP) is 2.33. The Hall–Kier alpha value is -0.150. The topological polar surface area (TPSA) is 55.8 Å². The fourth-order valence-corrected chi connectivity index (χ4v) is 3.69. The van der Waals surface area contributed by atoms with E-state index in [4.69, 9.17) is 9.05 Å². The molecule has 0 aromatic heterocycles. The van der Waals surface area contributed by atoms with Gasteiger partial charge in [-0.3, -0.25) is 4.57 Å². The van der Waals surface area contributed by atoms with Crippen LogP contribution < -0.4 is 0 Å². The molecule has 0 saturated carbocycles. The molecule has 5 heteroatoms. The van der Waals surface area contributed by atoms with Crippen LogP contribution in [0.2, 0.25) is 0 Å². The molecule has 0 amide bonds. The fraction of sp³-hybridized carbons (Fsp3) is 0.800. The van der Waals surface area contributed by atoms with Gasteiger partial charge in [-0.2, -0.15) is 0 Å². The third-order valence-corrected chi connectivity index (χ3v) is 4.53. The summed E-state index contributed by atoms with van der Waals surface area (Å²) in [6.45, 7) is 4.19. The lowest BCUT2D eigenvalue weighted by Crippen LogP contribution is -2.28. The molecule has 88 valence electrons. The van der Waals surface area contributed by atoms with E-state index in [1.54, 1.807) is 19.9 Å². The zero-order valence-corrected chi connectivity index (χ0v) is 10.2. The molecule has 0 radical (unpaired) electrons. The van der Waals surface area contributed by atoms with Gasteiger partial charge in [0.05, 0.1) is 25.0 Å². The summed E-state index contributed by atoms with van der Waals surface area (Å²) in [5.41, 5.74) is -1.01. The average Bonchev–Trinajstić information content (AvgIpc) is 2.51. The Morgan fingerprint density at radius 1 is 1.40 bits per heavy atom. The molecule has 0 heterocycles. The van der Waals surface area contributed by atoms with E-state index in [2.05, 4.69) is 0 Å². The molecule has 1 rings (SSSR count). The van der Waals surface area contributed by atoms with Crippen LogP contribution in [0.1, 0.15) is 26.7 Å². The van der Waals surface area contributed by atoms with Crippen LogP contribution in [0.3, 0.4) is 0 Å². The molecule has 0 aliphatic heterocycles. The molecule has 0 bridgehead atoms. The van der Waals surface area contributed by atoms with E-state index in [0.29, 0.717) is 19.6 Å². The van der Waals surface area contributed by atoms with Crippen molar-refractivity contribution in [2.75, 3.05) is 19.4 Å². The first-order valence-corrected chi connectivity index (χ1v) is 7.04. The molecule has 4 nitrogen and oxygen atoms in total. The number of hydrogen-bond donors (Lipinski definition) is 1. The van der Waals surface area contributed by atoms with E-state index < -0.39 is 13.2 Å². The van der Waals surface area contributed by atoms with Gasteiger partial charge >= 0.3 is 7.60 Å². The maximum absolute atomic E-state index is 12.1. The summed E-state index contributed by atoms with van der Waals surface area (Å²) in [6, 6.07) is 0. The van der Waals surface area contributed by atoms with E-state index in [-0.39, 0.29) is 6.16 Å². The van der Waals surface area contributed by atoms with Crippen LogP contribution in [-0.2, 0) is 13.6 Å². The first-order valence-electron chi connectivity index (χ1n) is 5.32. The summed E-state index contributed by atoms with van der Waals surface area (Å²) < 4.78 is 22.4. The Morgan fingerprint density at radius 3 is 2.40 bits per heavy atom. The highest BCUT2D eigenvalue weighted by Crippen LogP contribution is 2.52. The van der Waals surface area contributed by atoms with Gasteiger partial charge in [-0.1, -0.05) is 12.2 Å². The number of aliphatic hydroxyl groups is 1. The van der Waals surface area contributed by atoms with Crippen molar-refractivity contribution in [3.63, 3.8) is 0 Å². The normalized spacial score (nSPS) is 26.1. The van der Waals surface area contributed by atoms with Crippen molar-refractivity contribution >= 4 is 7.60 Å². The Bertz CT molecular complexity index is 267. The van der Waals surface area contributed by atoms with E-state index in [1.165, 1.54) is 0 Å². The molecule has 15 heavy (non-hydrogen) atoms. The molecule has 0 aromatic rings. The second-order valence-corrected chi connectivity index (χ2v) is 5.70. The molecule has 0 aromatic carbocycles. The Labute approximate surface area is 90.8 Å². The van der Waals surface area contributed by atoms with Crippen LogP contribution >= 0.6 is 7.60 Å². The van der Waals surface area contributed by atoms with Crippen LogP contribution in [0.5, 0.6) is 0 Å². The molecule has 1 unspecified atom stereocenters. The molecule has 0 spiro atoms. The predicted molar refractivity (Wildman–Crippen MR) is 59.0 cm³/mol. The quantitative estimate of drug-likeness (QED) is 0.566. The van der Waals surface area contributed by atoms with Crippen molar-refractivity contribution in [1.82, 2.24) is 0 Å². The van der Waals surface area contributed by atoms with Crippen LogP contribution in [-0.4, -0.2) is 30.1 Å². The second kappa shape index (κ2) is 5.26. The summed E-state index contributed by atoms with van der Waals surface area (Å²) in [4.78, 5) is 0. The van der Waals surface area contributed by atoms with E-state index in [1.807, 2.05) is 6.08 Å². The summed E-state index contributed by atoms with van der Waals surface area (Å²) in [5, 5.41) is 10.1. The van der Waals surface area contributed by atoms with E-state index in [0.717, 1.165) is 6.42 Å². The van der Waals surface area contributed by atoms with Gasteiger partial charge in [-0.25, -0.2) is 0 Å². The van der Waals surface area contributed by atoms with E-state index in [9.17, 15) is 9.67 Å². The molecular weight excluding hydrogens is 215 g/mol. The van der Waals surface area contributed by atoms with Crippen LogP contribution in [0, 0.1) is 0 Å². The Balaban J connectivity index is 2.65. The lowest BCUT2D eigenvalue weighted by molar-refractivity contribution is 0.102. The minimum absolute atomic E-state index is 0.0537. The largest absolute Gasteiger partial charge is 0.385 e. The third-order valence-electron chi connectivity index (χ3n) is 2.29. The molecular formula is C10H19O4P. The molecule has 1 aliphatic rings. The zero-order chi connectivity index (χ0) is 11.4. The van der Waals surface area contributed by atoms with Gasteiger partial charge in [0.2, 0.25) is 0 Å². The minimum atomic E-state index is -3.14. The van der Waals surface area contributed by atoms with Crippen LogP contribution in [0.4, 0.5) is 0 Å². The van der Waals surface area contributed by atoms with Gasteiger partial charge in [0.1, 0.15) is 0 Å². The van der Waals surface area contributed by atoms with Crippen molar-refractivity contribution in [3.05, 3.63) is 12.2 Å². The van der Waals surface area contributed by atoms with E-state index >= 15 is 0 Å². The van der Waals surface area contributed by atoms with Crippen molar-refractivity contribution in [2.45, 2.75) is 32.3 Å². The molecule has 0 saturated heterocycles. The maximum Gasteiger partial charge on any atom is 0.333 e. The number of hydrogen-bond acceptors (Lipinski definition) is 4. The van der Waals surface area contributed by atoms with Crippen molar-refractivity contribution in [1.29, 1.82) is 0 Å². The van der Waals surface area contributed by atoms with Crippen molar-refractivity contribution < 1.29 is 18.7 Å². The second-order valence-electron chi connectivity index (χ2n) is 3.65. The summed E-state index contributed by atoms with van der Waals surface area (Å²) in [7, 11) is -3.14. The summed E-state index contributed by atoms with van der Waals surface area (Å²) in [5.74, 6) is 0. The first-order chi connectivity index (χ1) is 7.04. The molecule has 1 aliphatic carbocycles. The SMILES string of the molecule is CCOP(=O)(CC1(O)C=CCC1)OCC. The van der Waals surface area contributed by atoms with Crippen molar-refractivity contribution in [2.24, 2.45) is 0 Å². The maximum atomic E-state index is 12.1. The highest BCUT2D eigenvalue weighted by molar-refractivity contribution is 7.53. The lowest BCUT2D eigenvalue weighted by atomic mass is 10.1. The monoisotopic (exact) mass is 234 g/mol. The number of rotatable bonds is 6. The van der Waals surface area contributed by atoms with Gasteiger partial charge in [0.15, 0.2) is 0 Å². The summed E-state index contributed by atoms with van der Waals surface area (Å²) in [6.07, 6.45) is 5.05. The Morgan fingerprint density at radius 2 is 2.00 bits per heavy atom. The van der Waals surface area contributed by atoms with Crippen LogP contribution in [0.15, 0.2) is 12.2 Å². The molecule has 1 N–H and O–H groups in total. The molecule has 1 atom stereocenters. The Kier molecular flexibility index (Phi) is 4.53. The third kappa shape index (κ3) is 3.72. The zero-order valence-electron chi connectivity index (χ0n) is 9.31. The highest BCUT2D eigenvalue weighted by atomic mass is 31.2. The first kappa shape index (κ1) is 12.9. The van der Waals surface area contributed by atoms with Crippen molar-refractivity contribution in [3.8, 4) is 0 Å². The highest BCUT2D eigenvalue weighted by Gasteiger charge is 2.37. The van der Waals surface area contributed by atoms with Gasteiger partial charge < -0.3 is 14.2 Å². The van der Waals surface area contributed by atoms with Gasteiger partial charge in [-0.05, 0) is 26.7 Å². The van der Waals surface area contributed by atoms with Crippen LogP contribution in [0.25, 0.3) is 0 Å². The van der Waals surface area contributed by atoms with Gasteiger partial charge in [-0.15, -0.1) is 0 Å². The number of allylic oxidation sites excluding steroid dienone is 1.